The van der Waals surface area contributed by atoms with E-state index in [0.29, 0.717) is 0 Å². The molecule has 0 heterocycles. The van der Waals surface area contributed by atoms with Gasteiger partial charge in [0.05, 0.1) is 0 Å². The second kappa shape index (κ2) is 5.16. The van der Waals surface area contributed by atoms with Crippen molar-refractivity contribution >= 4 is 24.8 Å². The first kappa shape index (κ1) is 16.8. The molecule has 0 radical (unpaired) electrons. The van der Waals surface area contributed by atoms with Crippen LogP contribution in [0.15, 0.2) is 0 Å². The Morgan fingerprint density at radius 3 is 1.70 bits per heavy atom. The summed E-state index contributed by atoms with van der Waals surface area (Å²) in [5, 5.41) is 0. The van der Waals surface area contributed by atoms with Crippen molar-refractivity contribution in [2.75, 3.05) is 0 Å². The Labute approximate surface area is 74.3 Å². The molecule has 66 valence electrons. The van der Waals surface area contributed by atoms with Crippen molar-refractivity contribution in [1.29, 1.82) is 0 Å². The van der Waals surface area contributed by atoms with Gasteiger partial charge in [-0.05, 0) is 19.8 Å². The average Bonchev–Trinajstić information content (AvgIpc) is 1.63. The Hall–Kier alpha value is 0.460. The summed E-state index contributed by atoms with van der Waals surface area (Å²) < 4.78 is 0. The molecule has 1 aliphatic rings. The summed E-state index contributed by atoms with van der Waals surface area (Å²) in [6.07, 6.45) is 2.20. The second-order valence-corrected chi connectivity index (χ2v) is 2.65. The topological polar surface area (TPSA) is 87.0 Å². The first-order valence-electron chi connectivity index (χ1n) is 2.67. The molecular formula is C5H17Cl2N3. The zero-order valence-corrected chi connectivity index (χ0v) is 7.80. The molecule has 0 aromatic carbocycles. The van der Waals surface area contributed by atoms with Gasteiger partial charge in [0.15, 0.2) is 0 Å². The lowest BCUT2D eigenvalue weighted by molar-refractivity contribution is 0.223. The predicted molar refractivity (Wildman–Crippen MR) is 49.3 cm³/mol. The van der Waals surface area contributed by atoms with Crippen molar-refractivity contribution < 1.29 is 0 Å². The quantitative estimate of drug-likeness (QED) is 0.528. The fraction of sp³-hybridized carbons (Fsp3) is 1.00. The summed E-state index contributed by atoms with van der Waals surface area (Å²) in [7, 11) is 0. The number of nitrogens with two attached hydrogens (primary N) is 2. The lowest BCUT2D eigenvalue weighted by Crippen LogP contribution is -2.60. The van der Waals surface area contributed by atoms with Crippen LogP contribution in [0.5, 0.6) is 0 Å². The Morgan fingerprint density at radius 2 is 1.70 bits per heavy atom. The molecule has 1 rings (SSSR count). The van der Waals surface area contributed by atoms with Crippen molar-refractivity contribution in [3.63, 3.8) is 0 Å². The molecule has 7 N–H and O–H groups in total. The third-order valence-corrected chi connectivity index (χ3v) is 1.84. The van der Waals surface area contributed by atoms with E-state index in [9.17, 15) is 0 Å². The van der Waals surface area contributed by atoms with Crippen LogP contribution >= 0.6 is 24.8 Å². The molecule has 1 fully saturated rings. The summed E-state index contributed by atoms with van der Waals surface area (Å²) in [6, 6.07) is 0.257. The van der Waals surface area contributed by atoms with E-state index in [1.54, 1.807) is 0 Å². The van der Waals surface area contributed by atoms with Gasteiger partial charge in [0.25, 0.3) is 0 Å². The minimum Gasteiger partial charge on any atom is -0.344 e. The maximum Gasteiger partial charge on any atom is 0.0279 e. The van der Waals surface area contributed by atoms with Crippen LogP contribution in [0.4, 0.5) is 0 Å². The van der Waals surface area contributed by atoms with Crippen LogP contribution in [-0.4, -0.2) is 11.6 Å². The SMILES string of the molecule is CC1(N)CCC1N.Cl.Cl.N. The maximum atomic E-state index is 5.64. The van der Waals surface area contributed by atoms with E-state index < -0.39 is 0 Å². The highest BCUT2D eigenvalue weighted by Gasteiger charge is 2.35. The minimum atomic E-state index is -0.0417. The second-order valence-electron chi connectivity index (χ2n) is 2.65. The molecule has 0 amide bonds. The summed E-state index contributed by atoms with van der Waals surface area (Å²) in [4.78, 5) is 0. The number of rotatable bonds is 0. The normalized spacial score (nSPS) is 35.7. The average molecular weight is 190 g/mol. The van der Waals surface area contributed by atoms with E-state index in [4.69, 9.17) is 11.5 Å². The summed E-state index contributed by atoms with van der Waals surface area (Å²) in [5.74, 6) is 0. The van der Waals surface area contributed by atoms with Gasteiger partial charge < -0.3 is 17.6 Å². The fourth-order valence-corrected chi connectivity index (χ4v) is 0.766. The zero-order valence-electron chi connectivity index (χ0n) is 6.17. The highest BCUT2D eigenvalue weighted by atomic mass is 35.5. The molecule has 3 nitrogen and oxygen atoms in total. The molecule has 10 heavy (non-hydrogen) atoms. The number of halogens is 2. The molecule has 2 atom stereocenters. The lowest BCUT2D eigenvalue weighted by Gasteiger charge is -2.41. The molecule has 1 saturated carbocycles. The van der Waals surface area contributed by atoms with Crippen molar-refractivity contribution in [2.24, 2.45) is 11.5 Å². The van der Waals surface area contributed by atoms with E-state index in [2.05, 4.69) is 0 Å². The summed E-state index contributed by atoms with van der Waals surface area (Å²) in [6.45, 7) is 2.00. The van der Waals surface area contributed by atoms with E-state index in [1.165, 1.54) is 0 Å². The van der Waals surface area contributed by atoms with Gasteiger partial charge in [0.1, 0.15) is 0 Å². The first-order valence-corrected chi connectivity index (χ1v) is 2.67. The number of hydrogen-bond donors (Lipinski definition) is 3. The summed E-state index contributed by atoms with van der Waals surface area (Å²) >= 11 is 0. The highest BCUT2D eigenvalue weighted by molar-refractivity contribution is 5.85. The molecule has 0 saturated heterocycles. The maximum absolute atomic E-state index is 5.64. The van der Waals surface area contributed by atoms with Gasteiger partial charge in [0.2, 0.25) is 0 Å². The monoisotopic (exact) mass is 189 g/mol. The Kier molecular flexibility index (Phi) is 8.67. The Balaban J connectivity index is -0.000000163. The van der Waals surface area contributed by atoms with Gasteiger partial charge in [0, 0.05) is 11.6 Å². The van der Waals surface area contributed by atoms with Crippen LogP contribution < -0.4 is 17.6 Å². The molecule has 0 bridgehead atoms. The Morgan fingerprint density at radius 1 is 1.40 bits per heavy atom. The van der Waals surface area contributed by atoms with E-state index in [1.807, 2.05) is 6.92 Å². The van der Waals surface area contributed by atoms with Crippen LogP contribution in [0.1, 0.15) is 19.8 Å². The van der Waals surface area contributed by atoms with Crippen LogP contribution in [-0.2, 0) is 0 Å². The standard InChI is InChI=1S/C5H12N2.2ClH.H3N/c1-5(7)3-2-4(5)6;;;/h4H,2-3,6-7H2,1H3;2*1H;1H3. The lowest BCUT2D eigenvalue weighted by atomic mass is 9.75. The van der Waals surface area contributed by atoms with Crippen molar-refractivity contribution in [1.82, 2.24) is 6.15 Å². The van der Waals surface area contributed by atoms with Crippen molar-refractivity contribution in [3.8, 4) is 0 Å². The van der Waals surface area contributed by atoms with Gasteiger partial charge in [-0.15, -0.1) is 24.8 Å². The van der Waals surface area contributed by atoms with E-state index in [-0.39, 0.29) is 42.5 Å². The van der Waals surface area contributed by atoms with Gasteiger partial charge in [-0.1, -0.05) is 0 Å². The highest BCUT2D eigenvalue weighted by Crippen LogP contribution is 2.26. The first-order chi connectivity index (χ1) is 3.13. The van der Waals surface area contributed by atoms with Gasteiger partial charge in [-0.3, -0.25) is 0 Å². The largest absolute Gasteiger partial charge is 0.344 e. The molecule has 5 heteroatoms. The summed E-state index contributed by atoms with van der Waals surface area (Å²) in [5.41, 5.74) is 11.1. The van der Waals surface area contributed by atoms with Gasteiger partial charge in [-0.2, -0.15) is 0 Å². The van der Waals surface area contributed by atoms with Crippen LogP contribution in [0.25, 0.3) is 0 Å². The van der Waals surface area contributed by atoms with Crippen molar-refractivity contribution in [3.05, 3.63) is 0 Å². The third kappa shape index (κ3) is 3.03. The van der Waals surface area contributed by atoms with Crippen molar-refractivity contribution in [2.45, 2.75) is 31.3 Å². The predicted octanol–water partition coefficient (Wildman–Crippen LogP) is 0.831. The molecule has 0 aromatic heterocycles. The van der Waals surface area contributed by atoms with Gasteiger partial charge >= 0.3 is 0 Å². The molecular weight excluding hydrogens is 173 g/mol. The minimum absolute atomic E-state index is 0. The van der Waals surface area contributed by atoms with Gasteiger partial charge in [-0.25, -0.2) is 0 Å². The smallest absolute Gasteiger partial charge is 0.0279 e. The fourth-order valence-electron chi connectivity index (χ4n) is 0.766. The molecule has 0 aliphatic heterocycles. The molecule has 0 aromatic rings. The van der Waals surface area contributed by atoms with Crippen LogP contribution in [0.3, 0.4) is 0 Å². The third-order valence-electron chi connectivity index (χ3n) is 1.84. The van der Waals surface area contributed by atoms with Crippen LogP contribution in [0.2, 0.25) is 0 Å². The van der Waals surface area contributed by atoms with E-state index >= 15 is 0 Å². The number of hydrogen-bond acceptors (Lipinski definition) is 3. The zero-order chi connectivity index (χ0) is 5.49. The molecule has 1 aliphatic carbocycles. The van der Waals surface area contributed by atoms with E-state index in [0.717, 1.165) is 12.8 Å². The Bertz CT molecular complexity index is 87.0. The molecule has 0 spiro atoms. The van der Waals surface area contributed by atoms with Crippen LogP contribution in [0, 0.1) is 0 Å². The molecule has 2 unspecified atom stereocenters.